The molecule has 0 heterocycles. The zero-order valence-corrected chi connectivity index (χ0v) is 11.0. The van der Waals surface area contributed by atoms with E-state index in [2.05, 4.69) is 48.5 Å². The van der Waals surface area contributed by atoms with Gasteiger partial charge in [0.15, 0.2) is 0 Å². The van der Waals surface area contributed by atoms with E-state index in [1.165, 1.54) is 11.1 Å². The van der Waals surface area contributed by atoms with Gasteiger partial charge in [-0.25, -0.2) is 5.11 Å². The highest BCUT2D eigenvalue weighted by Gasteiger charge is 2.30. The summed E-state index contributed by atoms with van der Waals surface area (Å²) < 4.78 is 0. The topological polar surface area (TPSA) is 19.9 Å². The lowest BCUT2D eigenvalue weighted by atomic mass is 9.74. The van der Waals surface area contributed by atoms with Crippen molar-refractivity contribution in [1.82, 2.24) is 0 Å². The molecule has 0 aliphatic heterocycles. The van der Waals surface area contributed by atoms with Crippen LogP contribution in [-0.4, -0.2) is 6.10 Å². The van der Waals surface area contributed by atoms with Crippen molar-refractivity contribution in [3.05, 3.63) is 71.8 Å². The van der Waals surface area contributed by atoms with Crippen LogP contribution in [0, 0.1) is 0 Å². The molecule has 0 spiro atoms. The molecule has 2 aromatic carbocycles. The third kappa shape index (κ3) is 2.87. The molecule has 1 fully saturated rings. The van der Waals surface area contributed by atoms with Crippen molar-refractivity contribution in [3.8, 4) is 0 Å². The Morgan fingerprint density at radius 2 is 1.05 bits per heavy atom. The smallest absolute Gasteiger partial charge is 0.0941 e. The molecule has 1 saturated carbocycles. The molecule has 0 aromatic heterocycles. The Kier molecular flexibility index (Phi) is 3.65. The van der Waals surface area contributed by atoms with Gasteiger partial charge in [0, 0.05) is 0 Å². The first-order chi connectivity index (χ1) is 9.33. The van der Waals surface area contributed by atoms with Crippen molar-refractivity contribution >= 4 is 0 Å². The van der Waals surface area contributed by atoms with Gasteiger partial charge in [0.1, 0.15) is 0 Å². The molecule has 97 valence electrons. The summed E-state index contributed by atoms with van der Waals surface area (Å²) in [5.74, 6) is 0.838. The third-order valence-electron chi connectivity index (χ3n) is 4.21. The van der Waals surface area contributed by atoms with Crippen LogP contribution in [0.5, 0.6) is 0 Å². The maximum atomic E-state index is 12.1. The molecule has 0 bridgehead atoms. The van der Waals surface area contributed by atoms with Gasteiger partial charge in [-0.3, -0.25) is 0 Å². The lowest BCUT2D eigenvalue weighted by Crippen LogP contribution is -2.23. The summed E-state index contributed by atoms with van der Waals surface area (Å²) in [6.07, 6.45) is 2.25. The van der Waals surface area contributed by atoms with Crippen molar-refractivity contribution in [2.75, 3.05) is 0 Å². The van der Waals surface area contributed by atoms with E-state index in [1.54, 1.807) is 0 Å². The second kappa shape index (κ2) is 5.58. The summed E-state index contributed by atoms with van der Waals surface area (Å²) in [7, 11) is 0. The summed E-state index contributed by atoms with van der Waals surface area (Å²) in [5, 5.41) is 12.1. The summed E-state index contributed by atoms with van der Waals surface area (Å²) in [5.41, 5.74) is 2.65. The van der Waals surface area contributed by atoms with E-state index < -0.39 is 6.10 Å². The molecule has 2 atom stereocenters. The first kappa shape index (κ1) is 12.4. The Hall–Kier alpha value is -1.60. The zero-order valence-electron chi connectivity index (χ0n) is 11.0. The van der Waals surface area contributed by atoms with Crippen LogP contribution >= 0.6 is 0 Å². The average molecular weight is 251 g/mol. The number of rotatable bonds is 2. The van der Waals surface area contributed by atoms with Gasteiger partial charge in [0.2, 0.25) is 0 Å². The number of hydrogen-bond acceptors (Lipinski definition) is 0. The van der Waals surface area contributed by atoms with Crippen molar-refractivity contribution in [3.63, 3.8) is 0 Å². The lowest BCUT2D eigenvalue weighted by Gasteiger charge is -2.32. The van der Waals surface area contributed by atoms with Gasteiger partial charge < -0.3 is 0 Å². The van der Waals surface area contributed by atoms with Crippen molar-refractivity contribution in [2.45, 2.75) is 37.2 Å². The largest absolute Gasteiger partial charge is 0.233 e. The predicted octanol–water partition coefficient (Wildman–Crippen LogP) is 4.54. The predicted molar refractivity (Wildman–Crippen MR) is 76.7 cm³/mol. The molecule has 1 radical (unpaired) electrons. The van der Waals surface area contributed by atoms with Crippen LogP contribution < -0.4 is 0 Å². The molecule has 3 rings (SSSR count). The normalized spacial score (nSPS) is 27.1. The molecule has 1 aliphatic rings. The highest BCUT2D eigenvalue weighted by Crippen LogP contribution is 2.41. The van der Waals surface area contributed by atoms with Crippen LogP contribution in [0.25, 0.3) is 0 Å². The molecule has 1 heteroatoms. The average Bonchev–Trinajstić information content (AvgIpc) is 2.48. The van der Waals surface area contributed by atoms with Gasteiger partial charge in [0.05, 0.1) is 6.10 Å². The monoisotopic (exact) mass is 251 g/mol. The van der Waals surface area contributed by atoms with E-state index in [-0.39, 0.29) is 0 Å². The van der Waals surface area contributed by atoms with E-state index in [9.17, 15) is 5.11 Å². The van der Waals surface area contributed by atoms with E-state index in [1.807, 2.05) is 12.1 Å². The van der Waals surface area contributed by atoms with Crippen LogP contribution in [-0.2, 0) is 5.11 Å². The van der Waals surface area contributed by atoms with Crippen molar-refractivity contribution in [2.24, 2.45) is 0 Å². The lowest BCUT2D eigenvalue weighted by molar-refractivity contribution is 0.0411. The molecule has 1 aliphatic carbocycles. The third-order valence-corrected chi connectivity index (χ3v) is 4.21. The molecular formula is C18H19O. The van der Waals surface area contributed by atoms with Gasteiger partial charge in [-0.2, -0.15) is 0 Å². The minimum absolute atomic E-state index is 0.419. The highest BCUT2D eigenvalue weighted by atomic mass is 16.3. The van der Waals surface area contributed by atoms with E-state index in [0.29, 0.717) is 11.8 Å². The van der Waals surface area contributed by atoms with Crippen molar-refractivity contribution in [1.29, 1.82) is 0 Å². The quantitative estimate of drug-likeness (QED) is 0.747. The van der Waals surface area contributed by atoms with E-state index >= 15 is 0 Å². The van der Waals surface area contributed by atoms with Crippen LogP contribution in [0.1, 0.15) is 42.2 Å². The fraction of sp³-hybridized carbons (Fsp3) is 0.333. The Morgan fingerprint density at radius 1 is 0.632 bits per heavy atom. The summed E-state index contributed by atoms with van der Waals surface area (Å²) in [6, 6.07) is 21.0. The fourth-order valence-electron chi connectivity index (χ4n) is 3.26. The standard InChI is InChI=1S/C18H19O/c19-18-12-16(14-7-3-1-4-8-14)11-17(13-18)15-9-5-2-6-10-15/h1-10,16-18H,11-13H2. The van der Waals surface area contributed by atoms with E-state index in [0.717, 1.165) is 19.3 Å². The SMILES string of the molecule is [O]C1CC(c2ccccc2)CC(c2ccccc2)C1. The van der Waals surface area contributed by atoms with Gasteiger partial charge in [-0.1, -0.05) is 60.7 Å². The molecule has 0 amide bonds. The second-order valence-electron chi connectivity index (χ2n) is 5.54. The van der Waals surface area contributed by atoms with Gasteiger partial charge in [-0.15, -0.1) is 0 Å². The first-order valence-corrected chi connectivity index (χ1v) is 7.08. The molecule has 2 aromatic rings. The number of benzene rings is 2. The van der Waals surface area contributed by atoms with Crippen LogP contribution in [0.4, 0.5) is 0 Å². The highest BCUT2D eigenvalue weighted by molar-refractivity contribution is 5.25. The molecule has 19 heavy (non-hydrogen) atoms. The molecular weight excluding hydrogens is 232 g/mol. The summed E-state index contributed by atoms with van der Waals surface area (Å²) in [4.78, 5) is 0. The van der Waals surface area contributed by atoms with E-state index in [4.69, 9.17) is 0 Å². The van der Waals surface area contributed by atoms with Crippen LogP contribution in [0.2, 0.25) is 0 Å². The number of hydrogen-bond donors (Lipinski definition) is 0. The Bertz CT molecular complexity index is 458. The maximum absolute atomic E-state index is 12.1. The summed E-state index contributed by atoms with van der Waals surface area (Å²) in [6.45, 7) is 0. The zero-order chi connectivity index (χ0) is 13.1. The second-order valence-corrected chi connectivity index (χ2v) is 5.54. The fourth-order valence-corrected chi connectivity index (χ4v) is 3.26. The van der Waals surface area contributed by atoms with Gasteiger partial charge in [0.25, 0.3) is 0 Å². The van der Waals surface area contributed by atoms with Crippen molar-refractivity contribution < 1.29 is 5.11 Å². The Labute approximate surface area is 114 Å². The van der Waals surface area contributed by atoms with Crippen LogP contribution in [0.3, 0.4) is 0 Å². The molecule has 0 saturated heterocycles. The summed E-state index contributed by atoms with van der Waals surface area (Å²) >= 11 is 0. The molecule has 1 nitrogen and oxygen atoms in total. The van der Waals surface area contributed by atoms with Crippen LogP contribution in [0.15, 0.2) is 60.7 Å². The van der Waals surface area contributed by atoms with Gasteiger partial charge in [-0.05, 0) is 42.2 Å². The first-order valence-electron chi connectivity index (χ1n) is 7.08. The maximum Gasteiger partial charge on any atom is 0.0941 e. The Balaban J connectivity index is 1.82. The molecule has 0 N–H and O–H groups in total. The molecule has 2 unspecified atom stereocenters. The van der Waals surface area contributed by atoms with Gasteiger partial charge >= 0.3 is 0 Å². The Morgan fingerprint density at radius 3 is 1.47 bits per heavy atom. The minimum atomic E-state index is -0.427. The minimum Gasteiger partial charge on any atom is -0.233 e.